The molecule has 1 fully saturated rings. The maximum atomic E-state index is 12.0. The van der Waals surface area contributed by atoms with Gasteiger partial charge in [-0.25, -0.2) is 5.43 Å². The molecule has 0 bridgehead atoms. The average molecular weight is 264 g/mol. The number of thioether (sulfide) groups is 1. The van der Waals surface area contributed by atoms with Crippen LogP contribution in [-0.4, -0.2) is 22.2 Å². The van der Waals surface area contributed by atoms with Gasteiger partial charge in [-0.3, -0.25) is 9.80 Å². The molecule has 1 atom stereocenters. The third-order valence-electron chi connectivity index (χ3n) is 2.78. The van der Waals surface area contributed by atoms with Gasteiger partial charge >= 0.3 is 0 Å². The first-order valence-electron chi connectivity index (χ1n) is 6.15. The SMILES string of the molecule is Cc1ccccc1C1SCC(=O)N1NC(C)(C)C. The first-order chi connectivity index (χ1) is 8.38. The molecule has 1 aromatic carbocycles. The Kier molecular flexibility index (Phi) is 3.69. The fourth-order valence-corrected chi connectivity index (χ4v) is 3.20. The molecule has 2 rings (SSSR count). The van der Waals surface area contributed by atoms with Crippen LogP contribution in [0.3, 0.4) is 0 Å². The Bertz CT molecular complexity index is 453. The Hall–Kier alpha value is -1.00. The minimum atomic E-state index is -0.110. The van der Waals surface area contributed by atoms with Crippen molar-refractivity contribution in [1.82, 2.24) is 10.4 Å². The highest BCUT2D eigenvalue weighted by Gasteiger charge is 2.35. The highest BCUT2D eigenvalue weighted by Crippen LogP contribution is 2.39. The van der Waals surface area contributed by atoms with Crippen molar-refractivity contribution in [3.63, 3.8) is 0 Å². The number of hydrazine groups is 1. The Balaban J connectivity index is 2.27. The van der Waals surface area contributed by atoms with Crippen molar-refractivity contribution >= 4 is 17.7 Å². The maximum absolute atomic E-state index is 12.0. The molecule has 0 saturated carbocycles. The van der Waals surface area contributed by atoms with Crippen LogP contribution in [0.4, 0.5) is 0 Å². The first-order valence-corrected chi connectivity index (χ1v) is 7.20. The molecule has 4 heteroatoms. The topological polar surface area (TPSA) is 32.3 Å². The van der Waals surface area contributed by atoms with Gasteiger partial charge in [0, 0.05) is 5.54 Å². The van der Waals surface area contributed by atoms with Gasteiger partial charge in [-0.15, -0.1) is 11.8 Å². The molecular formula is C14H20N2OS. The molecule has 18 heavy (non-hydrogen) atoms. The van der Waals surface area contributed by atoms with Crippen LogP contribution in [0.1, 0.15) is 37.3 Å². The number of amides is 1. The van der Waals surface area contributed by atoms with Gasteiger partial charge in [-0.05, 0) is 38.8 Å². The fourth-order valence-electron chi connectivity index (χ4n) is 2.00. The lowest BCUT2D eigenvalue weighted by Gasteiger charge is -2.32. The normalized spacial score (nSPS) is 20.6. The summed E-state index contributed by atoms with van der Waals surface area (Å²) in [5, 5.41) is 1.87. The molecular weight excluding hydrogens is 244 g/mol. The van der Waals surface area contributed by atoms with Crippen LogP contribution in [0.2, 0.25) is 0 Å². The monoisotopic (exact) mass is 264 g/mol. The van der Waals surface area contributed by atoms with Gasteiger partial charge < -0.3 is 0 Å². The van der Waals surface area contributed by atoms with E-state index in [1.165, 1.54) is 11.1 Å². The number of carbonyl (C=O) groups excluding carboxylic acids is 1. The third-order valence-corrected chi connectivity index (χ3v) is 3.97. The molecule has 1 amide bonds. The van der Waals surface area contributed by atoms with E-state index in [0.717, 1.165) is 0 Å². The first kappa shape index (κ1) is 13.4. The molecule has 0 aliphatic carbocycles. The van der Waals surface area contributed by atoms with Crippen LogP contribution < -0.4 is 5.43 Å². The van der Waals surface area contributed by atoms with Crippen LogP contribution in [0.5, 0.6) is 0 Å². The highest BCUT2D eigenvalue weighted by atomic mass is 32.2. The second-order valence-electron chi connectivity index (χ2n) is 5.65. The van der Waals surface area contributed by atoms with Crippen LogP contribution >= 0.6 is 11.8 Å². The fraction of sp³-hybridized carbons (Fsp3) is 0.500. The summed E-state index contributed by atoms with van der Waals surface area (Å²) in [5.41, 5.74) is 5.64. The zero-order valence-corrected chi connectivity index (χ0v) is 12.2. The summed E-state index contributed by atoms with van der Waals surface area (Å²) in [7, 11) is 0. The molecule has 0 spiro atoms. The molecule has 1 aromatic rings. The molecule has 1 heterocycles. The lowest BCUT2D eigenvalue weighted by atomic mass is 10.1. The van der Waals surface area contributed by atoms with E-state index in [2.05, 4.69) is 45.3 Å². The molecule has 0 radical (unpaired) electrons. The summed E-state index contributed by atoms with van der Waals surface area (Å²) in [4.78, 5) is 12.0. The van der Waals surface area contributed by atoms with Gasteiger partial charge in [-0.1, -0.05) is 24.3 Å². The van der Waals surface area contributed by atoms with Crippen molar-refractivity contribution in [2.24, 2.45) is 0 Å². The number of nitrogens with zero attached hydrogens (tertiary/aromatic N) is 1. The van der Waals surface area contributed by atoms with E-state index in [9.17, 15) is 4.79 Å². The zero-order valence-electron chi connectivity index (χ0n) is 11.4. The van der Waals surface area contributed by atoms with E-state index in [4.69, 9.17) is 0 Å². The number of aryl methyl sites for hydroxylation is 1. The molecule has 1 aliphatic rings. The van der Waals surface area contributed by atoms with Crippen LogP contribution in [0.15, 0.2) is 24.3 Å². The largest absolute Gasteiger partial charge is 0.272 e. The Labute approximate surface area is 113 Å². The second kappa shape index (κ2) is 4.94. The van der Waals surface area contributed by atoms with Gasteiger partial charge in [0.25, 0.3) is 0 Å². The summed E-state index contributed by atoms with van der Waals surface area (Å²) < 4.78 is 0. The number of nitrogens with one attached hydrogen (secondary N) is 1. The van der Waals surface area contributed by atoms with Crippen molar-refractivity contribution in [3.8, 4) is 0 Å². The maximum Gasteiger partial charge on any atom is 0.248 e. The summed E-state index contributed by atoms with van der Waals surface area (Å²) in [6.45, 7) is 8.29. The molecule has 3 nitrogen and oxygen atoms in total. The smallest absolute Gasteiger partial charge is 0.248 e. The molecule has 0 aromatic heterocycles. The van der Waals surface area contributed by atoms with Crippen LogP contribution in [0, 0.1) is 6.92 Å². The predicted molar refractivity (Wildman–Crippen MR) is 76.1 cm³/mol. The van der Waals surface area contributed by atoms with E-state index in [-0.39, 0.29) is 16.8 Å². The number of benzene rings is 1. The molecule has 1 aliphatic heterocycles. The van der Waals surface area contributed by atoms with Crippen molar-refractivity contribution in [2.45, 2.75) is 38.6 Å². The molecule has 98 valence electrons. The van der Waals surface area contributed by atoms with Gasteiger partial charge in [0.2, 0.25) is 5.91 Å². The van der Waals surface area contributed by atoms with Gasteiger partial charge in [-0.2, -0.15) is 0 Å². The lowest BCUT2D eigenvalue weighted by molar-refractivity contribution is -0.132. The van der Waals surface area contributed by atoms with E-state index < -0.39 is 0 Å². The summed E-state index contributed by atoms with van der Waals surface area (Å²) in [6, 6.07) is 8.25. The van der Waals surface area contributed by atoms with E-state index >= 15 is 0 Å². The van der Waals surface area contributed by atoms with E-state index in [1.807, 2.05) is 12.1 Å². The van der Waals surface area contributed by atoms with Crippen LogP contribution in [0.25, 0.3) is 0 Å². The Morgan fingerprint density at radius 2 is 2.00 bits per heavy atom. The third kappa shape index (κ3) is 2.87. The van der Waals surface area contributed by atoms with Gasteiger partial charge in [0.15, 0.2) is 0 Å². The van der Waals surface area contributed by atoms with E-state index in [1.54, 1.807) is 16.8 Å². The number of hydrogen-bond acceptors (Lipinski definition) is 3. The molecule has 1 saturated heterocycles. The molecule has 1 unspecified atom stereocenters. The standard InChI is InChI=1S/C14H20N2OS/c1-10-7-5-6-8-11(10)13-16(12(17)9-18-13)15-14(2,3)4/h5-8,13,15H,9H2,1-4H3. The highest BCUT2D eigenvalue weighted by molar-refractivity contribution is 8.00. The van der Waals surface area contributed by atoms with Crippen molar-refractivity contribution in [3.05, 3.63) is 35.4 Å². The minimum absolute atomic E-state index is 0.0814. The number of rotatable bonds is 2. The average Bonchev–Trinajstić information content (AvgIpc) is 2.60. The molecule has 1 N–H and O–H groups in total. The number of hydrogen-bond donors (Lipinski definition) is 1. The van der Waals surface area contributed by atoms with Crippen molar-refractivity contribution in [1.29, 1.82) is 0 Å². The second-order valence-corrected chi connectivity index (χ2v) is 6.71. The van der Waals surface area contributed by atoms with E-state index in [0.29, 0.717) is 5.75 Å². The number of carbonyl (C=O) groups is 1. The van der Waals surface area contributed by atoms with Gasteiger partial charge in [0.05, 0.1) is 5.75 Å². The van der Waals surface area contributed by atoms with Crippen molar-refractivity contribution < 1.29 is 4.79 Å². The lowest BCUT2D eigenvalue weighted by Crippen LogP contribution is -2.50. The summed E-state index contributed by atoms with van der Waals surface area (Å²) in [6.07, 6.45) is 0. The van der Waals surface area contributed by atoms with Crippen molar-refractivity contribution in [2.75, 3.05) is 5.75 Å². The summed E-state index contributed by atoms with van der Waals surface area (Å²) in [5.74, 6) is 0.699. The van der Waals surface area contributed by atoms with Crippen LogP contribution in [-0.2, 0) is 4.79 Å². The quantitative estimate of drug-likeness (QED) is 0.891. The zero-order chi connectivity index (χ0) is 13.3. The predicted octanol–water partition coefficient (Wildman–Crippen LogP) is 2.87. The minimum Gasteiger partial charge on any atom is -0.272 e. The van der Waals surface area contributed by atoms with Gasteiger partial charge in [0.1, 0.15) is 5.37 Å². The Morgan fingerprint density at radius 1 is 1.33 bits per heavy atom. The Morgan fingerprint density at radius 3 is 2.61 bits per heavy atom. The summed E-state index contributed by atoms with van der Waals surface area (Å²) >= 11 is 1.68.